The van der Waals surface area contributed by atoms with Gasteiger partial charge in [0.05, 0.1) is 25.0 Å². The van der Waals surface area contributed by atoms with Crippen LogP contribution in [0.1, 0.15) is 50.4 Å². The number of aliphatic hydroxyl groups is 1. The SMILES string of the molecule is COc1c(C(=O)O[C@]2(C(=O)SCC#N)[C@H](C)C[C@H]3[C@@H]4CC(F)C5=CC(=O)C=C[C@]5(C)[C@@]4(F)[C@@H](O)C[C@@]32C)csc1Cl. The number of halogens is 3. The smallest absolute Gasteiger partial charge is 0.343 e. The number of alkyl halides is 2. The van der Waals surface area contributed by atoms with Gasteiger partial charge in [-0.3, -0.25) is 9.59 Å². The first-order valence-electron chi connectivity index (χ1n) is 13.3. The van der Waals surface area contributed by atoms with Crippen molar-refractivity contribution in [3.05, 3.63) is 39.1 Å². The van der Waals surface area contributed by atoms with Crippen LogP contribution >= 0.6 is 34.7 Å². The highest BCUT2D eigenvalue weighted by atomic mass is 35.5. The van der Waals surface area contributed by atoms with Gasteiger partial charge >= 0.3 is 5.97 Å². The van der Waals surface area contributed by atoms with Gasteiger partial charge in [-0.25, -0.2) is 13.6 Å². The number of ketones is 1. The topological polar surface area (TPSA) is 114 Å². The maximum atomic E-state index is 17.6. The van der Waals surface area contributed by atoms with E-state index in [-0.39, 0.29) is 46.2 Å². The maximum absolute atomic E-state index is 17.6. The summed E-state index contributed by atoms with van der Waals surface area (Å²) in [5.74, 6) is -3.85. The fourth-order valence-electron chi connectivity index (χ4n) is 8.28. The number of esters is 1. The molecule has 0 radical (unpaired) electrons. The van der Waals surface area contributed by atoms with Crippen LogP contribution in [0.4, 0.5) is 8.78 Å². The molecule has 1 unspecified atom stereocenters. The Morgan fingerprint density at radius 1 is 1.32 bits per heavy atom. The molecule has 3 saturated carbocycles. The summed E-state index contributed by atoms with van der Waals surface area (Å²) in [6.45, 7) is 4.90. The molecule has 1 heterocycles. The van der Waals surface area contributed by atoms with E-state index in [0.717, 1.165) is 17.4 Å². The molecule has 0 spiro atoms. The molecule has 7 nitrogen and oxygen atoms in total. The Morgan fingerprint density at radius 3 is 2.68 bits per heavy atom. The summed E-state index contributed by atoms with van der Waals surface area (Å²) in [6.07, 6.45) is -0.0381. The molecular weight excluding hydrogens is 596 g/mol. The van der Waals surface area contributed by atoms with E-state index in [1.54, 1.807) is 13.8 Å². The third-order valence-electron chi connectivity index (χ3n) is 10.1. The van der Waals surface area contributed by atoms with Crippen LogP contribution in [0.3, 0.4) is 0 Å². The number of carbonyl (C=O) groups excluding carboxylic acids is 3. The van der Waals surface area contributed by atoms with E-state index in [9.17, 15) is 24.8 Å². The summed E-state index contributed by atoms with van der Waals surface area (Å²) in [5.41, 5.74) is -7.13. The molecule has 5 rings (SSSR count). The fourth-order valence-corrected chi connectivity index (χ4v) is 10.2. The van der Waals surface area contributed by atoms with Gasteiger partial charge in [-0.05, 0) is 49.8 Å². The summed E-state index contributed by atoms with van der Waals surface area (Å²) in [7, 11) is 1.34. The first-order chi connectivity index (χ1) is 19.2. The molecule has 0 aliphatic heterocycles. The quantitative estimate of drug-likeness (QED) is 0.418. The molecule has 0 saturated heterocycles. The largest absolute Gasteiger partial charge is 0.493 e. The molecule has 220 valence electrons. The lowest BCUT2D eigenvalue weighted by Gasteiger charge is -2.63. The molecule has 1 aromatic heterocycles. The Labute approximate surface area is 249 Å². The number of nitrogens with zero attached hydrogens (tertiary/aromatic N) is 1. The van der Waals surface area contributed by atoms with Gasteiger partial charge in [-0.2, -0.15) is 5.26 Å². The highest BCUT2D eigenvalue weighted by Gasteiger charge is 2.78. The van der Waals surface area contributed by atoms with Crippen molar-refractivity contribution in [3.63, 3.8) is 0 Å². The number of methoxy groups -OCH3 is 1. The third kappa shape index (κ3) is 3.93. The monoisotopic (exact) mass is 625 g/mol. The van der Waals surface area contributed by atoms with E-state index < -0.39 is 69.0 Å². The average molecular weight is 626 g/mol. The van der Waals surface area contributed by atoms with E-state index in [4.69, 9.17) is 21.1 Å². The molecule has 0 amide bonds. The van der Waals surface area contributed by atoms with Crippen LogP contribution in [-0.4, -0.2) is 58.4 Å². The van der Waals surface area contributed by atoms with Crippen LogP contribution in [0.15, 0.2) is 29.2 Å². The molecule has 0 aromatic carbocycles. The van der Waals surface area contributed by atoms with Gasteiger partial charge in [0.15, 0.2) is 22.8 Å². The maximum Gasteiger partial charge on any atom is 0.343 e. The highest BCUT2D eigenvalue weighted by Crippen LogP contribution is 2.72. The van der Waals surface area contributed by atoms with Crippen LogP contribution in [-0.2, 0) is 14.3 Å². The zero-order valence-electron chi connectivity index (χ0n) is 22.9. The summed E-state index contributed by atoms with van der Waals surface area (Å²) in [6, 6.07) is 1.92. The number of fused-ring (bicyclic) bond motifs is 5. The van der Waals surface area contributed by atoms with Gasteiger partial charge in [0.1, 0.15) is 16.1 Å². The summed E-state index contributed by atoms with van der Waals surface area (Å²) in [5, 5.41) is 21.7. The van der Waals surface area contributed by atoms with Gasteiger partial charge in [0.2, 0.25) is 5.12 Å². The lowest BCUT2D eigenvalue weighted by molar-refractivity contribution is -0.221. The van der Waals surface area contributed by atoms with Crippen LogP contribution in [0.2, 0.25) is 4.34 Å². The second-order valence-corrected chi connectivity index (χ2v) is 14.2. The number of hydrogen-bond acceptors (Lipinski definition) is 9. The van der Waals surface area contributed by atoms with Crippen LogP contribution in [0.25, 0.3) is 0 Å². The standard InChI is InChI=1S/C29H30ClF2NO6S2/c1-14-9-17-18-11-20(31)19-10-15(34)5-6-26(19,2)28(18,32)21(35)12-27(17,3)29(14,25(37)40-8-7-33)39-24(36)16-13-41-23(30)22(16)38-4/h5-6,10,13-14,17-18,20-21,35H,8-9,11-12H2,1-4H3/t14-,17+,18+,20?,21+,26+,27+,28+,29+/m1/s1. The zero-order valence-corrected chi connectivity index (χ0v) is 25.3. The number of carbonyl (C=O) groups is 3. The predicted octanol–water partition coefficient (Wildman–Crippen LogP) is 5.65. The Balaban J connectivity index is 1.64. The van der Waals surface area contributed by atoms with Crippen LogP contribution in [0, 0.1) is 39.9 Å². The van der Waals surface area contributed by atoms with Crippen molar-refractivity contribution >= 4 is 51.6 Å². The summed E-state index contributed by atoms with van der Waals surface area (Å²) in [4.78, 5) is 39.8. The van der Waals surface area contributed by atoms with Crippen molar-refractivity contribution in [3.8, 4) is 11.8 Å². The predicted molar refractivity (Wildman–Crippen MR) is 150 cm³/mol. The average Bonchev–Trinajstić information content (AvgIpc) is 3.40. The number of allylic oxidation sites excluding steroid dienone is 4. The summed E-state index contributed by atoms with van der Waals surface area (Å²) < 4.78 is 45.0. The highest BCUT2D eigenvalue weighted by molar-refractivity contribution is 8.14. The fraction of sp³-hybridized carbons (Fsp3) is 0.586. The van der Waals surface area contributed by atoms with E-state index in [1.165, 1.54) is 31.6 Å². The van der Waals surface area contributed by atoms with E-state index in [2.05, 4.69) is 0 Å². The van der Waals surface area contributed by atoms with Crippen molar-refractivity contribution in [2.24, 2.45) is 28.6 Å². The molecule has 41 heavy (non-hydrogen) atoms. The Kier molecular flexibility index (Phi) is 7.50. The Bertz CT molecular complexity index is 1420. The minimum atomic E-state index is -2.35. The second-order valence-electron chi connectivity index (χ2n) is 11.8. The van der Waals surface area contributed by atoms with Gasteiger partial charge in [-0.1, -0.05) is 43.3 Å². The summed E-state index contributed by atoms with van der Waals surface area (Å²) >= 11 is 7.92. The second kappa shape index (κ2) is 10.2. The van der Waals surface area contributed by atoms with E-state index in [0.29, 0.717) is 11.8 Å². The molecule has 0 bridgehead atoms. The zero-order chi connectivity index (χ0) is 30.1. The number of thiophene rings is 1. The molecule has 4 aliphatic carbocycles. The molecule has 1 N–H and O–H groups in total. The number of hydrogen-bond donors (Lipinski definition) is 1. The van der Waals surface area contributed by atoms with Gasteiger partial charge in [-0.15, -0.1) is 11.3 Å². The van der Waals surface area contributed by atoms with E-state index >= 15 is 8.78 Å². The first kappa shape index (κ1) is 30.2. The van der Waals surface area contributed by atoms with Crippen molar-refractivity contribution in [1.82, 2.24) is 0 Å². The van der Waals surface area contributed by atoms with Gasteiger partial charge in [0, 0.05) is 28.0 Å². The normalized spacial score (nSPS) is 41.0. The lowest BCUT2D eigenvalue weighted by Crippen LogP contribution is -2.70. The number of nitriles is 1. The molecule has 9 atom stereocenters. The third-order valence-corrected chi connectivity index (χ3v) is 12.1. The Morgan fingerprint density at radius 2 is 2.02 bits per heavy atom. The van der Waals surface area contributed by atoms with Crippen LogP contribution in [0.5, 0.6) is 5.75 Å². The van der Waals surface area contributed by atoms with Gasteiger partial charge < -0.3 is 14.6 Å². The van der Waals surface area contributed by atoms with Gasteiger partial charge in [0.25, 0.3) is 0 Å². The molecular formula is C29H30ClF2NO6S2. The number of ether oxygens (including phenoxy) is 2. The molecule has 1 aromatic rings. The Hall–Kier alpha value is -2.26. The van der Waals surface area contributed by atoms with Crippen molar-refractivity contribution in [2.45, 2.75) is 63.6 Å². The first-order valence-corrected chi connectivity index (χ1v) is 15.5. The minimum Gasteiger partial charge on any atom is -0.493 e. The lowest BCUT2D eigenvalue weighted by atomic mass is 9.44. The van der Waals surface area contributed by atoms with Crippen molar-refractivity contribution in [1.29, 1.82) is 5.26 Å². The minimum absolute atomic E-state index is 0.00257. The van der Waals surface area contributed by atoms with Crippen molar-refractivity contribution in [2.75, 3.05) is 12.9 Å². The number of thioether (sulfide) groups is 1. The molecule has 4 aliphatic rings. The molecule has 3 fully saturated rings. The number of aliphatic hydroxyl groups excluding tert-OH is 1. The number of rotatable bonds is 5. The van der Waals surface area contributed by atoms with E-state index in [1.807, 2.05) is 6.07 Å². The molecule has 12 heteroatoms. The van der Waals surface area contributed by atoms with Crippen molar-refractivity contribution < 1.29 is 37.7 Å². The van der Waals surface area contributed by atoms with Crippen LogP contribution < -0.4 is 4.74 Å².